The number of allylic oxidation sites excluding steroid dienone is 1. The van der Waals surface area contributed by atoms with E-state index in [1.807, 2.05) is 0 Å². The lowest BCUT2D eigenvalue weighted by atomic mass is 9.79. The Kier molecular flexibility index (Phi) is 4.02. The second-order valence-electron chi connectivity index (χ2n) is 5.72. The predicted molar refractivity (Wildman–Crippen MR) is 77.9 cm³/mol. The Morgan fingerprint density at radius 3 is 2.76 bits per heavy atom. The van der Waals surface area contributed by atoms with Crippen molar-refractivity contribution in [3.63, 3.8) is 0 Å². The molecule has 6 nitrogen and oxygen atoms in total. The Balaban J connectivity index is 2.32. The number of halogens is 3. The molecule has 132 valence electrons. The van der Waals surface area contributed by atoms with Crippen LogP contribution in [0.4, 0.5) is 13.2 Å². The largest absolute Gasteiger partial charge is 0.478 e. The zero-order chi connectivity index (χ0) is 18.5. The van der Waals surface area contributed by atoms with Gasteiger partial charge < -0.3 is 15.2 Å². The number of carbonyl (C=O) groups excluding carboxylic acids is 1. The zero-order valence-corrected chi connectivity index (χ0v) is 13.2. The van der Waals surface area contributed by atoms with Crippen LogP contribution in [-0.4, -0.2) is 28.6 Å². The van der Waals surface area contributed by atoms with Crippen molar-refractivity contribution in [2.75, 3.05) is 6.61 Å². The number of nitrogens with one attached hydrogen (secondary N) is 1. The lowest BCUT2D eigenvalue weighted by molar-refractivity contribution is -0.136. The molecule has 0 fully saturated rings. The van der Waals surface area contributed by atoms with Gasteiger partial charge in [-0.1, -0.05) is 0 Å². The number of aliphatic carboxylic acids is 1. The topological polar surface area (TPSA) is 88.5 Å². The lowest BCUT2D eigenvalue weighted by Gasteiger charge is -2.28. The van der Waals surface area contributed by atoms with Gasteiger partial charge in [-0.2, -0.15) is 4.39 Å². The molecule has 3 rings (SSSR count). The number of aromatic nitrogens is 1. The van der Waals surface area contributed by atoms with Crippen molar-refractivity contribution in [1.29, 1.82) is 0 Å². The van der Waals surface area contributed by atoms with Crippen molar-refractivity contribution in [2.24, 2.45) is 0 Å². The minimum Gasteiger partial charge on any atom is -0.478 e. The van der Waals surface area contributed by atoms with Crippen LogP contribution < -0.4 is 5.32 Å². The summed E-state index contributed by atoms with van der Waals surface area (Å²) in [5.74, 6) is -6.52. The quantitative estimate of drug-likeness (QED) is 0.639. The number of pyridine rings is 1. The van der Waals surface area contributed by atoms with E-state index in [0.29, 0.717) is 5.70 Å². The average Bonchev–Trinajstić information content (AvgIpc) is 2.88. The van der Waals surface area contributed by atoms with Crippen molar-refractivity contribution in [3.05, 3.63) is 51.6 Å². The van der Waals surface area contributed by atoms with E-state index in [-0.39, 0.29) is 29.0 Å². The molecule has 2 N–H and O–H groups in total. The van der Waals surface area contributed by atoms with E-state index in [2.05, 4.69) is 10.3 Å². The summed E-state index contributed by atoms with van der Waals surface area (Å²) in [7, 11) is 0. The van der Waals surface area contributed by atoms with Gasteiger partial charge >= 0.3 is 11.9 Å². The molecule has 0 radical (unpaired) electrons. The van der Waals surface area contributed by atoms with Gasteiger partial charge in [-0.25, -0.2) is 23.4 Å². The summed E-state index contributed by atoms with van der Waals surface area (Å²) >= 11 is 0. The van der Waals surface area contributed by atoms with Crippen LogP contribution in [-0.2, 0) is 14.3 Å². The monoisotopic (exact) mass is 354 g/mol. The molecule has 0 unspecified atom stereocenters. The van der Waals surface area contributed by atoms with E-state index in [0.717, 1.165) is 13.1 Å². The Labute approximate surface area is 140 Å². The maximum atomic E-state index is 14.1. The SMILES string of the molecule is CC1=C(C(=O)O)[C@@H](c2cnc(F)c(F)c2[C@H](C)F)C2=C(COC2=O)N1. The summed E-state index contributed by atoms with van der Waals surface area (Å²) < 4.78 is 46.5. The number of esters is 1. The normalized spacial score (nSPS) is 21.0. The minimum atomic E-state index is -1.95. The number of alkyl halides is 1. The van der Waals surface area contributed by atoms with Gasteiger partial charge in [-0.05, 0) is 19.4 Å². The molecule has 0 aromatic carbocycles. The fourth-order valence-corrected chi connectivity index (χ4v) is 3.19. The van der Waals surface area contributed by atoms with Crippen LogP contribution in [0.3, 0.4) is 0 Å². The average molecular weight is 354 g/mol. The van der Waals surface area contributed by atoms with Crippen molar-refractivity contribution in [2.45, 2.75) is 25.9 Å². The van der Waals surface area contributed by atoms with Crippen molar-refractivity contribution < 1.29 is 32.6 Å². The van der Waals surface area contributed by atoms with Crippen LogP contribution in [0, 0.1) is 11.8 Å². The summed E-state index contributed by atoms with van der Waals surface area (Å²) in [5, 5.41) is 12.3. The third-order valence-electron chi connectivity index (χ3n) is 4.20. The van der Waals surface area contributed by atoms with Gasteiger partial charge in [0.1, 0.15) is 12.8 Å². The molecule has 2 aliphatic rings. The maximum absolute atomic E-state index is 14.1. The number of carbonyl (C=O) groups is 2. The molecule has 2 aliphatic heterocycles. The molecule has 0 saturated heterocycles. The third-order valence-corrected chi connectivity index (χ3v) is 4.20. The van der Waals surface area contributed by atoms with E-state index in [9.17, 15) is 27.9 Å². The van der Waals surface area contributed by atoms with Gasteiger partial charge in [0.2, 0.25) is 5.95 Å². The van der Waals surface area contributed by atoms with Gasteiger partial charge in [0.05, 0.1) is 22.8 Å². The number of dihydropyridines is 1. The first kappa shape index (κ1) is 17.0. The van der Waals surface area contributed by atoms with Gasteiger partial charge in [0.25, 0.3) is 0 Å². The Morgan fingerprint density at radius 1 is 1.48 bits per heavy atom. The fourth-order valence-electron chi connectivity index (χ4n) is 3.19. The highest BCUT2D eigenvalue weighted by molar-refractivity contribution is 6.00. The zero-order valence-electron chi connectivity index (χ0n) is 13.2. The molecular formula is C16H13F3N2O4. The molecule has 2 atom stereocenters. The number of carboxylic acid groups (broad SMARTS) is 1. The molecule has 1 aromatic rings. The summed E-state index contributed by atoms with van der Waals surface area (Å²) in [6, 6.07) is 0. The summed E-state index contributed by atoms with van der Waals surface area (Å²) in [6.45, 7) is 2.32. The van der Waals surface area contributed by atoms with Crippen molar-refractivity contribution in [1.82, 2.24) is 10.3 Å². The van der Waals surface area contributed by atoms with Crippen LogP contribution in [0.2, 0.25) is 0 Å². The van der Waals surface area contributed by atoms with E-state index in [4.69, 9.17) is 4.74 Å². The number of rotatable bonds is 3. The first-order valence-electron chi connectivity index (χ1n) is 7.33. The highest BCUT2D eigenvalue weighted by Gasteiger charge is 2.43. The van der Waals surface area contributed by atoms with Crippen LogP contribution >= 0.6 is 0 Å². The van der Waals surface area contributed by atoms with Crippen LogP contribution in [0.25, 0.3) is 0 Å². The van der Waals surface area contributed by atoms with Crippen molar-refractivity contribution >= 4 is 11.9 Å². The predicted octanol–water partition coefficient (Wildman–Crippen LogP) is 2.25. The lowest BCUT2D eigenvalue weighted by Crippen LogP contribution is -2.30. The second kappa shape index (κ2) is 5.91. The number of ether oxygens (including phenoxy) is 1. The van der Waals surface area contributed by atoms with E-state index >= 15 is 0 Å². The molecule has 1 aromatic heterocycles. The van der Waals surface area contributed by atoms with E-state index in [1.54, 1.807) is 0 Å². The van der Waals surface area contributed by atoms with Crippen LogP contribution in [0.5, 0.6) is 0 Å². The molecule has 0 spiro atoms. The standard InChI is InChI=1S/C16H13F3N2O4/c1-5(17)9-7(3-20-14(19)13(9)18)11-10(15(22)23)6(2)21-8-4-25-16(24)12(8)11/h3,5,11,21H,4H2,1-2H3,(H,22,23)/t5-,11+/m0/s1. The van der Waals surface area contributed by atoms with Crippen LogP contribution in [0.15, 0.2) is 28.7 Å². The molecule has 0 bridgehead atoms. The third kappa shape index (κ3) is 2.55. The fraction of sp³-hybridized carbons (Fsp3) is 0.312. The highest BCUT2D eigenvalue weighted by atomic mass is 19.2. The molecule has 0 aliphatic carbocycles. The maximum Gasteiger partial charge on any atom is 0.337 e. The first-order valence-corrected chi connectivity index (χ1v) is 7.33. The number of carboxylic acids is 1. The van der Waals surface area contributed by atoms with Crippen LogP contribution in [0.1, 0.15) is 37.1 Å². The molecule has 9 heteroatoms. The van der Waals surface area contributed by atoms with Gasteiger partial charge in [0.15, 0.2) is 5.82 Å². The van der Waals surface area contributed by atoms with E-state index < -0.39 is 41.4 Å². The summed E-state index contributed by atoms with van der Waals surface area (Å²) in [4.78, 5) is 27.0. The molecular weight excluding hydrogens is 341 g/mol. The Bertz CT molecular complexity index is 859. The number of hydrogen-bond donors (Lipinski definition) is 2. The number of hydrogen-bond acceptors (Lipinski definition) is 5. The first-order chi connectivity index (χ1) is 11.7. The highest BCUT2D eigenvalue weighted by Crippen LogP contribution is 2.44. The molecule has 0 saturated carbocycles. The van der Waals surface area contributed by atoms with Gasteiger partial charge in [0, 0.05) is 17.5 Å². The smallest absolute Gasteiger partial charge is 0.337 e. The van der Waals surface area contributed by atoms with Crippen molar-refractivity contribution in [3.8, 4) is 0 Å². The number of cyclic esters (lactones) is 1. The molecule has 3 heterocycles. The number of nitrogens with zero attached hydrogens (tertiary/aromatic N) is 1. The molecule has 25 heavy (non-hydrogen) atoms. The summed E-state index contributed by atoms with van der Waals surface area (Å²) in [6.07, 6.45) is -1.09. The molecule has 0 amide bonds. The minimum absolute atomic E-state index is 0.0716. The van der Waals surface area contributed by atoms with E-state index in [1.165, 1.54) is 6.92 Å². The summed E-state index contributed by atoms with van der Waals surface area (Å²) in [5.41, 5.74) is -0.752. The van der Waals surface area contributed by atoms with Gasteiger partial charge in [-0.3, -0.25) is 0 Å². The Morgan fingerprint density at radius 2 is 2.16 bits per heavy atom. The Hall–Kier alpha value is -2.84. The second-order valence-corrected chi connectivity index (χ2v) is 5.72. The van der Waals surface area contributed by atoms with Gasteiger partial charge in [-0.15, -0.1) is 0 Å².